The van der Waals surface area contributed by atoms with E-state index in [0.29, 0.717) is 15.2 Å². The van der Waals surface area contributed by atoms with Crippen LogP contribution in [-0.4, -0.2) is 21.0 Å². The van der Waals surface area contributed by atoms with E-state index < -0.39 is 5.97 Å². The molecule has 0 spiro atoms. The fourth-order valence-corrected chi connectivity index (χ4v) is 1.93. The second-order valence-electron chi connectivity index (χ2n) is 3.22. The summed E-state index contributed by atoms with van der Waals surface area (Å²) in [6, 6.07) is 4.95. The van der Waals surface area contributed by atoms with Gasteiger partial charge in [0.15, 0.2) is 5.69 Å². The summed E-state index contributed by atoms with van der Waals surface area (Å²) < 4.78 is 6.05. The smallest absolute Gasteiger partial charge is 0.356 e. The zero-order chi connectivity index (χ0) is 13.1. The van der Waals surface area contributed by atoms with Crippen LogP contribution in [0.4, 0.5) is 0 Å². The summed E-state index contributed by atoms with van der Waals surface area (Å²) in [5.74, 6) is -0.600. The summed E-state index contributed by atoms with van der Waals surface area (Å²) in [7, 11) is 0. The molecule has 0 atom stereocenters. The Morgan fingerprint density at radius 1 is 1.39 bits per heavy atom. The molecule has 7 heteroatoms. The van der Waals surface area contributed by atoms with Gasteiger partial charge in [0.2, 0.25) is 5.88 Å². The Morgan fingerprint density at radius 2 is 2.17 bits per heavy atom. The molecule has 0 unspecified atom stereocenters. The Bertz CT molecular complexity index is 607. The number of benzene rings is 1. The number of carboxylic acids is 1. The van der Waals surface area contributed by atoms with Gasteiger partial charge in [-0.2, -0.15) is 0 Å². The van der Waals surface area contributed by atoms with E-state index in [1.165, 1.54) is 6.20 Å². The zero-order valence-electron chi connectivity index (χ0n) is 8.80. The van der Waals surface area contributed by atoms with E-state index in [1.807, 2.05) is 0 Å². The molecule has 0 saturated heterocycles. The summed E-state index contributed by atoms with van der Waals surface area (Å²) >= 11 is 9.07. The van der Waals surface area contributed by atoms with Crippen LogP contribution in [0.15, 0.2) is 35.1 Å². The maximum absolute atomic E-state index is 10.7. The largest absolute Gasteiger partial charge is 0.476 e. The number of carbonyl (C=O) groups is 1. The summed E-state index contributed by atoms with van der Waals surface area (Å²) in [6.45, 7) is 0. The number of ether oxygens (including phenoxy) is 1. The Hall–Kier alpha value is -1.66. The first kappa shape index (κ1) is 12.8. The van der Waals surface area contributed by atoms with Crippen molar-refractivity contribution in [3.05, 3.63) is 45.8 Å². The highest BCUT2D eigenvalue weighted by Gasteiger charge is 2.09. The van der Waals surface area contributed by atoms with Gasteiger partial charge >= 0.3 is 5.97 Å². The number of hydrogen-bond acceptors (Lipinski definition) is 4. The van der Waals surface area contributed by atoms with Gasteiger partial charge in [-0.1, -0.05) is 11.6 Å². The van der Waals surface area contributed by atoms with Crippen LogP contribution in [0.3, 0.4) is 0 Å². The predicted octanol–water partition coefficient (Wildman–Crippen LogP) is 3.38. The molecule has 0 aliphatic heterocycles. The van der Waals surface area contributed by atoms with E-state index in [-0.39, 0.29) is 11.6 Å². The van der Waals surface area contributed by atoms with E-state index >= 15 is 0 Å². The highest BCUT2D eigenvalue weighted by Crippen LogP contribution is 2.30. The number of aromatic carboxylic acids is 1. The number of carboxylic acid groups (broad SMARTS) is 1. The lowest BCUT2D eigenvalue weighted by Crippen LogP contribution is -2.02. The first-order valence-electron chi connectivity index (χ1n) is 4.74. The monoisotopic (exact) mass is 328 g/mol. The molecule has 0 radical (unpaired) electrons. The molecule has 0 saturated carbocycles. The molecule has 0 amide bonds. The average molecular weight is 330 g/mol. The number of rotatable bonds is 3. The van der Waals surface area contributed by atoms with Gasteiger partial charge in [0.1, 0.15) is 5.75 Å². The first-order chi connectivity index (χ1) is 8.56. The summed E-state index contributed by atoms with van der Waals surface area (Å²) in [4.78, 5) is 18.3. The average Bonchev–Trinajstić information content (AvgIpc) is 2.33. The summed E-state index contributed by atoms with van der Waals surface area (Å²) in [6.07, 6.45) is 2.47. The van der Waals surface area contributed by atoms with Crippen LogP contribution in [0.2, 0.25) is 5.02 Å². The summed E-state index contributed by atoms with van der Waals surface area (Å²) in [5, 5.41) is 9.34. The molecule has 1 N–H and O–H groups in total. The van der Waals surface area contributed by atoms with Gasteiger partial charge in [-0.15, -0.1) is 0 Å². The Kier molecular flexibility index (Phi) is 3.78. The van der Waals surface area contributed by atoms with Crippen molar-refractivity contribution < 1.29 is 14.6 Å². The van der Waals surface area contributed by atoms with Crippen molar-refractivity contribution >= 4 is 33.5 Å². The highest BCUT2D eigenvalue weighted by molar-refractivity contribution is 9.10. The number of halogens is 2. The number of nitrogens with zero attached hydrogens (tertiary/aromatic N) is 2. The van der Waals surface area contributed by atoms with E-state index in [4.69, 9.17) is 21.4 Å². The van der Waals surface area contributed by atoms with Gasteiger partial charge in [0, 0.05) is 5.02 Å². The third-order valence-electron chi connectivity index (χ3n) is 1.94. The second kappa shape index (κ2) is 5.32. The fraction of sp³-hybridized carbons (Fsp3) is 0. The van der Waals surface area contributed by atoms with Gasteiger partial charge in [-0.3, -0.25) is 4.98 Å². The minimum atomic E-state index is -1.16. The van der Waals surface area contributed by atoms with Crippen molar-refractivity contribution in [3.63, 3.8) is 0 Å². The molecule has 18 heavy (non-hydrogen) atoms. The molecule has 0 aliphatic carbocycles. The highest BCUT2D eigenvalue weighted by atomic mass is 79.9. The lowest BCUT2D eigenvalue weighted by Gasteiger charge is -2.06. The fourth-order valence-electron chi connectivity index (χ4n) is 1.17. The van der Waals surface area contributed by atoms with Gasteiger partial charge < -0.3 is 9.84 Å². The molecule has 1 aromatic heterocycles. The molecule has 1 aromatic carbocycles. The topological polar surface area (TPSA) is 72.3 Å². The van der Waals surface area contributed by atoms with Crippen molar-refractivity contribution in [2.75, 3.05) is 0 Å². The molecule has 2 aromatic rings. The quantitative estimate of drug-likeness (QED) is 0.934. The maximum Gasteiger partial charge on any atom is 0.356 e. The maximum atomic E-state index is 10.7. The van der Waals surface area contributed by atoms with Crippen molar-refractivity contribution in [1.82, 2.24) is 9.97 Å². The third-order valence-corrected chi connectivity index (χ3v) is 2.79. The van der Waals surface area contributed by atoms with Crippen molar-refractivity contribution in [3.8, 4) is 11.6 Å². The van der Waals surface area contributed by atoms with Crippen LogP contribution in [0, 0.1) is 0 Å². The van der Waals surface area contributed by atoms with Crippen LogP contribution in [0.1, 0.15) is 10.5 Å². The molecule has 5 nitrogen and oxygen atoms in total. The lowest BCUT2D eigenvalue weighted by atomic mass is 10.3. The van der Waals surface area contributed by atoms with Crippen LogP contribution < -0.4 is 4.74 Å². The zero-order valence-corrected chi connectivity index (χ0v) is 11.1. The minimum Gasteiger partial charge on any atom is -0.476 e. The SMILES string of the molecule is O=C(O)c1cncc(Oc2ccc(Cl)cc2Br)n1. The van der Waals surface area contributed by atoms with Crippen molar-refractivity contribution in [2.24, 2.45) is 0 Å². The third kappa shape index (κ3) is 2.96. The van der Waals surface area contributed by atoms with Crippen molar-refractivity contribution in [2.45, 2.75) is 0 Å². The molecule has 92 valence electrons. The number of aromatic nitrogens is 2. The lowest BCUT2D eigenvalue weighted by molar-refractivity contribution is 0.0689. The van der Waals surface area contributed by atoms with Gasteiger partial charge in [-0.05, 0) is 34.1 Å². The van der Waals surface area contributed by atoms with Gasteiger partial charge in [0.25, 0.3) is 0 Å². The molecule has 0 fully saturated rings. The van der Waals surface area contributed by atoms with Crippen LogP contribution in [0.25, 0.3) is 0 Å². The van der Waals surface area contributed by atoms with Gasteiger partial charge in [0.05, 0.1) is 16.9 Å². The molecular weight excluding hydrogens is 323 g/mol. The predicted molar refractivity (Wildman–Crippen MR) is 68.2 cm³/mol. The van der Waals surface area contributed by atoms with E-state index in [9.17, 15) is 4.79 Å². The Labute approximate surface area is 116 Å². The van der Waals surface area contributed by atoms with Crippen LogP contribution in [0.5, 0.6) is 11.6 Å². The standard InChI is InChI=1S/C11H6BrClN2O3/c12-7-3-6(13)1-2-9(7)18-10-5-14-4-8(15-10)11(16)17/h1-5H,(H,16,17). The first-order valence-corrected chi connectivity index (χ1v) is 5.91. The van der Waals surface area contributed by atoms with E-state index in [1.54, 1.807) is 18.2 Å². The van der Waals surface area contributed by atoms with Gasteiger partial charge in [-0.25, -0.2) is 9.78 Å². The Balaban J connectivity index is 2.28. The van der Waals surface area contributed by atoms with E-state index in [2.05, 4.69) is 25.9 Å². The van der Waals surface area contributed by atoms with E-state index in [0.717, 1.165) is 6.20 Å². The second-order valence-corrected chi connectivity index (χ2v) is 4.52. The minimum absolute atomic E-state index is 0.0953. The molecule has 0 aliphatic rings. The number of hydrogen-bond donors (Lipinski definition) is 1. The molecule has 1 heterocycles. The Morgan fingerprint density at radius 3 is 2.83 bits per heavy atom. The molecular formula is C11H6BrClN2O3. The van der Waals surface area contributed by atoms with Crippen molar-refractivity contribution in [1.29, 1.82) is 0 Å². The normalized spacial score (nSPS) is 10.1. The molecule has 2 rings (SSSR count). The molecule has 0 bridgehead atoms. The van der Waals surface area contributed by atoms with Crippen LogP contribution in [-0.2, 0) is 0 Å². The summed E-state index contributed by atoms with van der Waals surface area (Å²) in [5.41, 5.74) is -0.183. The van der Waals surface area contributed by atoms with Crippen LogP contribution >= 0.6 is 27.5 Å².